The Morgan fingerprint density at radius 1 is 1.17 bits per heavy atom. The number of halogens is 2. The molecule has 0 radical (unpaired) electrons. The highest BCUT2D eigenvalue weighted by atomic mass is 35.5. The lowest BCUT2D eigenvalue weighted by molar-refractivity contribution is 0.326. The summed E-state index contributed by atoms with van der Waals surface area (Å²) in [5, 5.41) is 8.41. The predicted molar refractivity (Wildman–Crippen MR) is 97.2 cm³/mol. The molecule has 0 bridgehead atoms. The number of sulfonamides is 1. The molecule has 5 N–H and O–H groups in total. The molecule has 7 nitrogen and oxygen atoms in total. The van der Waals surface area contributed by atoms with Crippen molar-refractivity contribution in [2.45, 2.75) is 11.4 Å². The van der Waals surface area contributed by atoms with Crippen molar-refractivity contribution in [3.05, 3.63) is 36.0 Å². The molecule has 0 amide bonds. The van der Waals surface area contributed by atoms with Gasteiger partial charge in [-0.3, -0.25) is 0 Å². The molecule has 0 unspecified atom stereocenters. The third-order valence-corrected chi connectivity index (χ3v) is 4.37. The highest BCUT2D eigenvalue weighted by molar-refractivity contribution is 7.89. The number of nitrogen functional groups attached to an aromatic ring is 1. The van der Waals surface area contributed by atoms with Crippen LogP contribution in [0.5, 0.6) is 5.75 Å². The van der Waals surface area contributed by atoms with Gasteiger partial charge >= 0.3 is 0 Å². The minimum Gasteiger partial charge on any atom is -0.492 e. The van der Waals surface area contributed by atoms with E-state index in [0.29, 0.717) is 18.7 Å². The molecule has 0 aliphatic carbocycles. The van der Waals surface area contributed by atoms with E-state index in [0.717, 1.165) is 23.4 Å². The van der Waals surface area contributed by atoms with Crippen LogP contribution in [0.1, 0.15) is 5.56 Å². The Balaban J connectivity index is 0.00000144. The summed E-state index contributed by atoms with van der Waals surface area (Å²) in [6.45, 7) is 2.09. The van der Waals surface area contributed by atoms with Crippen LogP contribution < -0.4 is 20.9 Å². The van der Waals surface area contributed by atoms with E-state index in [1.807, 2.05) is 18.2 Å². The zero-order valence-electron chi connectivity index (χ0n) is 12.6. The molecule has 3 rings (SSSR count). The summed E-state index contributed by atoms with van der Waals surface area (Å²) < 4.78 is 28.7. The largest absolute Gasteiger partial charge is 0.492 e. The smallest absolute Gasteiger partial charge is 0.241 e. The van der Waals surface area contributed by atoms with E-state index in [1.54, 1.807) is 0 Å². The van der Waals surface area contributed by atoms with Crippen LogP contribution >= 0.6 is 24.8 Å². The van der Waals surface area contributed by atoms with Gasteiger partial charge in [0.05, 0.1) is 0 Å². The molecule has 1 aliphatic rings. The first-order chi connectivity index (χ1) is 10.4. The maximum atomic E-state index is 11.5. The number of primary sulfonamides is 1. The lowest BCUT2D eigenvalue weighted by Gasteiger charge is -2.10. The van der Waals surface area contributed by atoms with Gasteiger partial charge < -0.3 is 15.8 Å². The molecule has 24 heavy (non-hydrogen) atoms. The highest BCUT2D eigenvalue weighted by Crippen LogP contribution is 2.29. The lowest BCUT2D eigenvalue weighted by Crippen LogP contribution is -2.16. The van der Waals surface area contributed by atoms with Crippen LogP contribution in [0.25, 0.3) is 11.1 Å². The van der Waals surface area contributed by atoms with Gasteiger partial charge in [0.25, 0.3) is 0 Å². The average molecular weight is 393 g/mol. The van der Waals surface area contributed by atoms with Gasteiger partial charge in [-0.2, -0.15) is 0 Å². The molecule has 132 valence electrons. The summed E-state index contributed by atoms with van der Waals surface area (Å²) in [5.74, 6) is 0.717. The Morgan fingerprint density at radius 2 is 1.92 bits per heavy atom. The molecule has 2 heterocycles. The second-order valence-corrected chi connectivity index (χ2v) is 6.53. The van der Waals surface area contributed by atoms with Crippen molar-refractivity contribution in [2.24, 2.45) is 5.14 Å². The number of nitrogens with two attached hydrogens (primary N) is 2. The van der Waals surface area contributed by atoms with Crippen molar-refractivity contribution in [2.75, 3.05) is 18.9 Å². The van der Waals surface area contributed by atoms with Crippen LogP contribution in [0.3, 0.4) is 0 Å². The zero-order valence-corrected chi connectivity index (χ0v) is 15.0. The van der Waals surface area contributed by atoms with E-state index in [4.69, 9.17) is 15.6 Å². The van der Waals surface area contributed by atoms with Crippen LogP contribution in [0, 0.1) is 0 Å². The van der Waals surface area contributed by atoms with Crippen LogP contribution in [0.15, 0.2) is 35.4 Å². The SMILES string of the molecule is Cl.Cl.Nc1ncc(-c2ccc3c(c2)CNCCO3)cc1S(N)(=O)=O. The third kappa shape index (κ3) is 4.28. The van der Waals surface area contributed by atoms with Crippen LogP contribution in [-0.2, 0) is 16.6 Å². The predicted octanol–water partition coefficient (Wildman–Crippen LogP) is 1.30. The van der Waals surface area contributed by atoms with E-state index in [-0.39, 0.29) is 35.5 Å². The molecule has 1 aromatic heterocycles. The Labute approximate surface area is 152 Å². The molecule has 0 saturated heterocycles. The second kappa shape index (κ2) is 8.00. The van der Waals surface area contributed by atoms with E-state index >= 15 is 0 Å². The normalized spacial score (nSPS) is 13.5. The zero-order chi connectivity index (χ0) is 15.7. The molecular formula is C14H18Cl2N4O3S. The van der Waals surface area contributed by atoms with Gasteiger partial charge in [-0.05, 0) is 23.8 Å². The summed E-state index contributed by atoms with van der Waals surface area (Å²) in [6.07, 6.45) is 1.52. The number of hydrogen-bond acceptors (Lipinski definition) is 6. The first kappa shape index (κ1) is 20.5. The Kier molecular flexibility index (Phi) is 6.82. The van der Waals surface area contributed by atoms with Crippen molar-refractivity contribution in [1.29, 1.82) is 0 Å². The number of benzene rings is 1. The minimum atomic E-state index is -3.91. The van der Waals surface area contributed by atoms with Gasteiger partial charge in [0.15, 0.2) is 0 Å². The first-order valence-electron chi connectivity index (χ1n) is 6.70. The van der Waals surface area contributed by atoms with Gasteiger partial charge in [0.2, 0.25) is 10.0 Å². The highest BCUT2D eigenvalue weighted by Gasteiger charge is 2.16. The number of rotatable bonds is 2. The van der Waals surface area contributed by atoms with Gasteiger partial charge in [0, 0.05) is 30.4 Å². The standard InChI is InChI=1S/C14H16N4O3S.2ClH/c15-14-13(22(16,19)20)6-10(8-18-14)9-1-2-12-11(5-9)7-17-3-4-21-12;;/h1-2,5-6,8,17H,3-4,7H2,(H2,15,18)(H2,16,19,20);2*1H. The Bertz CT molecular complexity index is 831. The van der Waals surface area contributed by atoms with E-state index in [2.05, 4.69) is 10.3 Å². The number of nitrogens with zero attached hydrogens (tertiary/aromatic N) is 1. The number of pyridine rings is 1. The monoisotopic (exact) mass is 392 g/mol. The van der Waals surface area contributed by atoms with E-state index in [9.17, 15) is 8.42 Å². The quantitative estimate of drug-likeness (QED) is 0.708. The average Bonchev–Trinajstić information content (AvgIpc) is 2.71. The number of hydrogen-bond donors (Lipinski definition) is 3. The number of anilines is 1. The third-order valence-electron chi connectivity index (χ3n) is 3.43. The van der Waals surface area contributed by atoms with Crippen LogP contribution in [-0.4, -0.2) is 26.6 Å². The van der Waals surface area contributed by atoms with Gasteiger partial charge in [-0.15, -0.1) is 24.8 Å². The fraction of sp³-hybridized carbons (Fsp3) is 0.214. The van der Waals surface area contributed by atoms with E-state index in [1.165, 1.54) is 12.3 Å². The summed E-state index contributed by atoms with van der Waals surface area (Å²) in [4.78, 5) is 3.75. The molecule has 0 spiro atoms. The van der Waals surface area contributed by atoms with Crippen molar-refractivity contribution in [3.8, 4) is 16.9 Å². The van der Waals surface area contributed by atoms with Crippen molar-refractivity contribution < 1.29 is 13.2 Å². The van der Waals surface area contributed by atoms with Gasteiger partial charge in [-0.1, -0.05) is 6.07 Å². The number of ether oxygens (including phenoxy) is 1. The molecule has 0 fully saturated rings. The first-order valence-corrected chi connectivity index (χ1v) is 8.25. The van der Waals surface area contributed by atoms with Crippen LogP contribution in [0.2, 0.25) is 0 Å². The number of aromatic nitrogens is 1. The minimum absolute atomic E-state index is 0. The van der Waals surface area contributed by atoms with Crippen molar-refractivity contribution in [1.82, 2.24) is 10.3 Å². The topological polar surface area (TPSA) is 120 Å². The summed E-state index contributed by atoms with van der Waals surface area (Å²) in [5.41, 5.74) is 8.04. The summed E-state index contributed by atoms with van der Waals surface area (Å²) >= 11 is 0. The maximum absolute atomic E-state index is 11.5. The maximum Gasteiger partial charge on any atom is 0.241 e. The fourth-order valence-electron chi connectivity index (χ4n) is 2.34. The fourth-order valence-corrected chi connectivity index (χ4v) is 2.97. The van der Waals surface area contributed by atoms with E-state index < -0.39 is 10.0 Å². The van der Waals surface area contributed by atoms with Gasteiger partial charge in [-0.25, -0.2) is 18.5 Å². The summed E-state index contributed by atoms with van der Waals surface area (Å²) in [7, 11) is -3.91. The molecule has 2 aromatic rings. The Hall–Kier alpha value is -1.58. The Morgan fingerprint density at radius 3 is 2.62 bits per heavy atom. The van der Waals surface area contributed by atoms with Crippen molar-refractivity contribution >= 4 is 40.7 Å². The van der Waals surface area contributed by atoms with Crippen LogP contribution in [0.4, 0.5) is 5.82 Å². The molecule has 0 atom stereocenters. The molecule has 1 aromatic carbocycles. The molecule has 10 heteroatoms. The molecular weight excluding hydrogens is 375 g/mol. The lowest BCUT2D eigenvalue weighted by atomic mass is 10.0. The summed E-state index contributed by atoms with van der Waals surface area (Å²) in [6, 6.07) is 7.09. The number of fused-ring (bicyclic) bond motifs is 1. The van der Waals surface area contributed by atoms with Crippen molar-refractivity contribution in [3.63, 3.8) is 0 Å². The molecule has 0 saturated carbocycles. The molecule has 1 aliphatic heterocycles. The second-order valence-electron chi connectivity index (χ2n) is 5.00. The number of nitrogens with one attached hydrogen (secondary N) is 1. The van der Waals surface area contributed by atoms with Gasteiger partial charge in [0.1, 0.15) is 23.1 Å².